The number of nitro benzene ring substituents is 2. The fourth-order valence-corrected chi connectivity index (χ4v) is 1.84. The van der Waals surface area contributed by atoms with Gasteiger partial charge < -0.3 is 9.52 Å². The fraction of sp³-hybridized carbons (Fsp3) is 0.231. The quantitative estimate of drug-likeness (QED) is 0.667. The van der Waals surface area contributed by atoms with Crippen LogP contribution in [0.4, 0.5) is 11.4 Å². The molecule has 21 heavy (non-hydrogen) atoms. The summed E-state index contributed by atoms with van der Waals surface area (Å²) >= 11 is 0. The van der Waals surface area contributed by atoms with Crippen LogP contribution >= 0.6 is 0 Å². The maximum absolute atomic E-state index is 10.8. The normalized spacial score (nSPS) is 12.1. The molecule has 8 nitrogen and oxygen atoms in total. The van der Waals surface area contributed by atoms with E-state index in [9.17, 15) is 25.3 Å². The molecule has 0 fully saturated rings. The molecule has 1 atom stereocenters. The molecule has 1 heterocycles. The van der Waals surface area contributed by atoms with E-state index in [0.29, 0.717) is 12.2 Å². The summed E-state index contributed by atoms with van der Waals surface area (Å²) in [5.41, 5.74) is -0.577. The first-order valence-electron chi connectivity index (χ1n) is 6.14. The van der Waals surface area contributed by atoms with Gasteiger partial charge in [0.1, 0.15) is 17.6 Å². The van der Waals surface area contributed by atoms with Gasteiger partial charge in [-0.2, -0.15) is 0 Å². The van der Waals surface area contributed by atoms with Gasteiger partial charge in [-0.3, -0.25) is 20.2 Å². The van der Waals surface area contributed by atoms with Gasteiger partial charge in [-0.05, 0) is 18.6 Å². The van der Waals surface area contributed by atoms with Gasteiger partial charge in [-0.1, -0.05) is 6.92 Å². The maximum Gasteiger partial charge on any atom is 0.277 e. The summed E-state index contributed by atoms with van der Waals surface area (Å²) in [6.45, 7) is 1.77. The van der Waals surface area contributed by atoms with Gasteiger partial charge in [0.15, 0.2) is 0 Å². The average molecular weight is 292 g/mol. The molecule has 0 radical (unpaired) electrons. The molecule has 0 aliphatic rings. The van der Waals surface area contributed by atoms with Gasteiger partial charge in [0, 0.05) is 17.7 Å². The highest BCUT2D eigenvalue weighted by Gasteiger charge is 2.19. The molecule has 1 N–H and O–H groups in total. The molecule has 2 aromatic rings. The van der Waals surface area contributed by atoms with Crippen LogP contribution in [0.25, 0.3) is 11.3 Å². The van der Waals surface area contributed by atoms with Crippen LogP contribution in [0.5, 0.6) is 0 Å². The van der Waals surface area contributed by atoms with E-state index in [-0.39, 0.29) is 11.3 Å². The lowest BCUT2D eigenvalue weighted by molar-refractivity contribution is -0.394. The highest BCUT2D eigenvalue weighted by Crippen LogP contribution is 2.32. The SMILES string of the molecule is CCC(O)c1ccc(-c2cc([N+](=O)[O-])cc([N+](=O)[O-])c2)o1. The summed E-state index contributed by atoms with van der Waals surface area (Å²) in [5, 5.41) is 31.3. The number of nitrogens with zero attached hydrogens (tertiary/aromatic N) is 2. The Hall–Kier alpha value is -2.74. The Morgan fingerprint density at radius 3 is 2.19 bits per heavy atom. The van der Waals surface area contributed by atoms with E-state index < -0.39 is 27.3 Å². The minimum Gasteiger partial charge on any atom is -0.458 e. The summed E-state index contributed by atoms with van der Waals surface area (Å²) in [6.07, 6.45) is -0.338. The molecule has 0 spiro atoms. The number of rotatable bonds is 5. The lowest BCUT2D eigenvalue weighted by Gasteiger charge is -2.03. The number of aliphatic hydroxyl groups excluding tert-OH is 1. The summed E-state index contributed by atoms with van der Waals surface area (Å²) < 4.78 is 5.40. The minimum absolute atomic E-state index is 0.213. The molecular formula is C13H12N2O6. The number of hydrogen-bond donors (Lipinski definition) is 1. The Morgan fingerprint density at radius 1 is 1.14 bits per heavy atom. The first-order valence-corrected chi connectivity index (χ1v) is 6.14. The van der Waals surface area contributed by atoms with Gasteiger partial charge in [-0.25, -0.2) is 0 Å². The lowest BCUT2D eigenvalue weighted by Crippen LogP contribution is -1.94. The summed E-state index contributed by atoms with van der Waals surface area (Å²) in [6, 6.07) is 6.31. The van der Waals surface area contributed by atoms with E-state index in [1.807, 2.05) is 0 Å². The number of furan rings is 1. The highest BCUT2D eigenvalue weighted by molar-refractivity contribution is 5.66. The largest absolute Gasteiger partial charge is 0.458 e. The molecule has 1 aromatic heterocycles. The first-order chi connectivity index (χ1) is 9.92. The van der Waals surface area contributed by atoms with Gasteiger partial charge in [-0.15, -0.1) is 0 Å². The Bertz CT molecular complexity index is 661. The van der Waals surface area contributed by atoms with Crippen LogP contribution in [0.3, 0.4) is 0 Å². The molecule has 0 saturated carbocycles. The van der Waals surface area contributed by atoms with Crippen molar-refractivity contribution < 1.29 is 19.4 Å². The van der Waals surface area contributed by atoms with E-state index in [1.54, 1.807) is 6.92 Å². The molecular weight excluding hydrogens is 280 g/mol. The molecule has 8 heteroatoms. The van der Waals surface area contributed by atoms with Crippen LogP contribution in [-0.4, -0.2) is 15.0 Å². The monoisotopic (exact) mass is 292 g/mol. The Labute approximate surface area is 118 Å². The van der Waals surface area contributed by atoms with Crippen LogP contribution in [0, 0.1) is 20.2 Å². The van der Waals surface area contributed by atoms with Crippen LogP contribution in [-0.2, 0) is 0 Å². The Kier molecular flexibility index (Phi) is 3.99. The van der Waals surface area contributed by atoms with E-state index in [2.05, 4.69) is 0 Å². The van der Waals surface area contributed by atoms with Crippen molar-refractivity contribution in [3.05, 3.63) is 56.3 Å². The van der Waals surface area contributed by atoms with Crippen molar-refractivity contribution in [3.63, 3.8) is 0 Å². The van der Waals surface area contributed by atoms with Crippen molar-refractivity contribution in [1.29, 1.82) is 0 Å². The third kappa shape index (κ3) is 3.06. The lowest BCUT2D eigenvalue weighted by atomic mass is 10.1. The van der Waals surface area contributed by atoms with Crippen molar-refractivity contribution >= 4 is 11.4 Å². The topological polar surface area (TPSA) is 120 Å². The third-order valence-corrected chi connectivity index (χ3v) is 2.95. The maximum atomic E-state index is 10.8. The predicted molar refractivity (Wildman–Crippen MR) is 72.7 cm³/mol. The summed E-state index contributed by atoms with van der Waals surface area (Å²) in [4.78, 5) is 20.2. The smallest absolute Gasteiger partial charge is 0.277 e. The van der Waals surface area contributed by atoms with Crippen molar-refractivity contribution in [2.75, 3.05) is 0 Å². The zero-order valence-corrected chi connectivity index (χ0v) is 11.1. The predicted octanol–water partition coefficient (Wildman–Crippen LogP) is 3.21. The number of hydrogen-bond acceptors (Lipinski definition) is 6. The second kappa shape index (κ2) is 5.71. The number of aliphatic hydroxyl groups is 1. The van der Waals surface area contributed by atoms with Crippen molar-refractivity contribution in [1.82, 2.24) is 0 Å². The number of non-ortho nitro benzene ring substituents is 2. The van der Waals surface area contributed by atoms with Crippen molar-refractivity contribution in [2.45, 2.75) is 19.4 Å². The van der Waals surface area contributed by atoms with Crippen LogP contribution < -0.4 is 0 Å². The van der Waals surface area contributed by atoms with Crippen molar-refractivity contribution in [2.24, 2.45) is 0 Å². The highest BCUT2D eigenvalue weighted by atomic mass is 16.6. The van der Waals surface area contributed by atoms with E-state index in [4.69, 9.17) is 4.42 Å². The first kappa shape index (κ1) is 14.7. The molecule has 2 rings (SSSR count). The summed E-state index contributed by atoms with van der Waals surface area (Å²) in [7, 11) is 0. The van der Waals surface area contributed by atoms with E-state index in [1.165, 1.54) is 24.3 Å². The Balaban J connectivity index is 2.50. The zero-order valence-electron chi connectivity index (χ0n) is 11.1. The van der Waals surface area contributed by atoms with E-state index in [0.717, 1.165) is 6.07 Å². The van der Waals surface area contributed by atoms with Crippen LogP contribution in [0.2, 0.25) is 0 Å². The second-order valence-corrected chi connectivity index (χ2v) is 4.38. The molecule has 0 saturated heterocycles. The molecule has 0 amide bonds. The second-order valence-electron chi connectivity index (χ2n) is 4.38. The molecule has 110 valence electrons. The fourth-order valence-electron chi connectivity index (χ4n) is 1.84. The van der Waals surface area contributed by atoms with Crippen LogP contribution in [0.15, 0.2) is 34.7 Å². The van der Waals surface area contributed by atoms with Crippen LogP contribution in [0.1, 0.15) is 25.2 Å². The standard InChI is InChI=1S/C13H12N2O6/c1-2-11(16)13-4-3-12(21-13)8-5-9(14(17)18)7-10(6-8)15(19)20/h3-7,11,16H,2H2,1H3. The number of nitro groups is 2. The number of benzene rings is 1. The summed E-state index contributed by atoms with van der Waals surface area (Å²) in [5.74, 6) is 0.533. The third-order valence-electron chi connectivity index (χ3n) is 2.95. The molecule has 0 bridgehead atoms. The molecule has 1 aromatic carbocycles. The van der Waals surface area contributed by atoms with Crippen molar-refractivity contribution in [3.8, 4) is 11.3 Å². The van der Waals surface area contributed by atoms with Gasteiger partial charge in [0.2, 0.25) is 0 Å². The molecule has 1 unspecified atom stereocenters. The zero-order chi connectivity index (χ0) is 15.6. The molecule has 0 aliphatic heterocycles. The minimum atomic E-state index is -0.785. The average Bonchev–Trinajstić information content (AvgIpc) is 2.95. The molecule has 0 aliphatic carbocycles. The van der Waals surface area contributed by atoms with Gasteiger partial charge in [0.25, 0.3) is 11.4 Å². The van der Waals surface area contributed by atoms with Gasteiger partial charge >= 0.3 is 0 Å². The van der Waals surface area contributed by atoms with E-state index >= 15 is 0 Å². The Morgan fingerprint density at radius 2 is 1.71 bits per heavy atom. The van der Waals surface area contributed by atoms with Gasteiger partial charge in [0.05, 0.1) is 15.9 Å².